The number of benzene rings is 1. The number of anilines is 1. The molecule has 1 aromatic carbocycles. The fourth-order valence-corrected chi connectivity index (χ4v) is 4.56. The Kier molecular flexibility index (Phi) is 3.70. The molecule has 26 heavy (non-hydrogen) atoms. The van der Waals surface area contributed by atoms with Crippen molar-refractivity contribution in [2.75, 3.05) is 31.1 Å². The van der Waals surface area contributed by atoms with Crippen molar-refractivity contribution in [2.45, 2.75) is 0 Å². The minimum atomic E-state index is -0.0256. The average molecular weight is 366 g/mol. The van der Waals surface area contributed by atoms with Crippen LogP contribution in [0.3, 0.4) is 0 Å². The van der Waals surface area contributed by atoms with Crippen LogP contribution in [0.4, 0.5) is 5.13 Å². The van der Waals surface area contributed by atoms with E-state index >= 15 is 0 Å². The molecule has 0 saturated carbocycles. The Balaban J connectivity index is 1.27. The third kappa shape index (κ3) is 2.66. The van der Waals surface area contributed by atoms with E-state index < -0.39 is 0 Å². The monoisotopic (exact) mass is 366 g/mol. The minimum absolute atomic E-state index is 0.0256. The molecule has 132 valence electrons. The maximum atomic E-state index is 12.8. The standard InChI is InChI=1S/C18H18N6OS/c25-17(16-8-20-24(21-16)15-4-2-1-3-5-15)22-9-13-11-23(12-14(13)10-22)18-19-6-7-26-18/h1-8,13-14H,9-12H2. The van der Waals surface area contributed by atoms with Crippen LogP contribution in [0.5, 0.6) is 0 Å². The lowest BCUT2D eigenvalue weighted by molar-refractivity contribution is 0.0776. The van der Waals surface area contributed by atoms with Crippen LogP contribution < -0.4 is 4.90 Å². The smallest absolute Gasteiger partial charge is 0.276 e. The molecule has 8 heteroatoms. The summed E-state index contributed by atoms with van der Waals surface area (Å²) < 4.78 is 0. The molecule has 2 saturated heterocycles. The number of hydrogen-bond acceptors (Lipinski definition) is 6. The Morgan fingerprint density at radius 3 is 2.54 bits per heavy atom. The molecule has 0 spiro atoms. The molecule has 1 amide bonds. The van der Waals surface area contributed by atoms with Crippen LogP contribution in [0.1, 0.15) is 10.5 Å². The topological polar surface area (TPSA) is 67.2 Å². The van der Waals surface area contributed by atoms with Gasteiger partial charge in [-0.3, -0.25) is 4.79 Å². The average Bonchev–Trinajstić information content (AvgIpc) is 3.44. The van der Waals surface area contributed by atoms with Crippen molar-refractivity contribution in [2.24, 2.45) is 11.8 Å². The molecular formula is C18H18N6OS. The zero-order valence-corrected chi connectivity index (χ0v) is 14.9. The van der Waals surface area contributed by atoms with Gasteiger partial charge in [0.25, 0.3) is 5.91 Å². The number of aromatic nitrogens is 4. The molecule has 0 N–H and O–H groups in total. The number of carbonyl (C=O) groups is 1. The molecule has 2 atom stereocenters. The molecule has 2 fully saturated rings. The van der Waals surface area contributed by atoms with Crippen LogP contribution >= 0.6 is 11.3 Å². The highest BCUT2D eigenvalue weighted by molar-refractivity contribution is 7.13. The van der Waals surface area contributed by atoms with Crippen molar-refractivity contribution in [3.63, 3.8) is 0 Å². The van der Waals surface area contributed by atoms with Gasteiger partial charge in [-0.25, -0.2) is 4.98 Å². The Hall–Kier alpha value is -2.74. The molecule has 3 aromatic rings. The third-order valence-electron chi connectivity index (χ3n) is 5.16. The minimum Gasteiger partial charge on any atom is -0.347 e. The van der Waals surface area contributed by atoms with Gasteiger partial charge >= 0.3 is 0 Å². The van der Waals surface area contributed by atoms with Crippen molar-refractivity contribution in [1.29, 1.82) is 0 Å². The summed E-state index contributed by atoms with van der Waals surface area (Å²) in [5.41, 5.74) is 1.26. The van der Waals surface area contributed by atoms with Gasteiger partial charge in [0.15, 0.2) is 10.8 Å². The van der Waals surface area contributed by atoms with E-state index in [-0.39, 0.29) is 5.91 Å². The molecule has 0 bridgehead atoms. The van der Waals surface area contributed by atoms with Gasteiger partial charge in [-0.15, -0.1) is 16.4 Å². The number of para-hydroxylation sites is 1. The van der Waals surface area contributed by atoms with Gasteiger partial charge in [-0.1, -0.05) is 18.2 Å². The van der Waals surface area contributed by atoms with Crippen molar-refractivity contribution < 1.29 is 4.79 Å². The summed E-state index contributed by atoms with van der Waals surface area (Å²) in [5.74, 6) is 0.987. The number of thiazole rings is 1. The Bertz CT molecular complexity index is 895. The lowest BCUT2D eigenvalue weighted by Gasteiger charge is -2.20. The summed E-state index contributed by atoms with van der Waals surface area (Å²) in [6.45, 7) is 3.50. The predicted molar refractivity (Wildman–Crippen MR) is 98.6 cm³/mol. The Morgan fingerprint density at radius 2 is 1.85 bits per heavy atom. The Morgan fingerprint density at radius 1 is 1.08 bits per heavy atom. The van der Waals surface area contributed by atoms with E-state index in [0.717, 1.165) is 37.0 Å². The van der Waals surface area contributed by atoms with Gasteiger partial charge in [0.1, 0.15) is 0 Å². The first kappa shape index (κ1) is 15.5. The SMILES string of the molecule is O=C(c1cnn(-c2ccccc2)n1)N1CC2CN(c3nccs3)CC2C1. The van der Waals surface area contributed by atoms with Gasteiger partial charge < -0.3 is 9.80 Å². The first-order valence-corrected chi connectivity index (χ1v) is 9.57. The lowest BCUT2D eigenvalue weighted by Crippen LogP contribution is -2.33. The van der Waals surface area contributed by atoms with Crippen molar-refractivity contribution in [3.8, 4) is 5.69 Å². The number of hydrogen-bond donors (Lipinski definition) is 0. The maximum Gasteiger partial charge on any atom is 0.276 e. The zero-order chi connectivity index (χ0) is 17.5. The van der Waals surface area contributed by atoms with Crippen LogP contribution in [-0.2, 0) is 0 Å². The first-order chi connectivity index (χ1) is 12.8. The van der Waals surface area contributed by atoms with Crippen LogP contribution in [0.15, 0.2) is 48.1 Å². The summed E-state index contributed by atoms with van der Waals surface area (Å²) in [7, 11) is 0. The molecule has 0 aliphatic carbocycles. The second-order valence-electron chi connectivity index (χ2n) is 6.80. The van der Waals surface area contributed by atoms with Gasteiger partial charge in [0.2, 0.25) is 0 Å². The second kappa shape index (κ2) is 6.21. The van der Waals surface area contributed by atoms with E-state index in [4.69, 9.17) is 0 Å². The van der Waals surface area contributed by atoms with Crippen molar-refractivity contribution in [3.05, 3.63) is 53.8 Å². The van der Waals surface area contributed by atoms with Gasteiger partial charge in [0.05, 0.1) is 11.9 Å². The highest BCUT2D eigenvalue weighted by Crippen LogP contribution is 2.35. The van der Waals surface area contributed by atoms with E-state index in [1.165, 1.54) is 4.80 Å². The molecule has 2 unspecified atom stereocenters. The summed E-state index contributed by atoms with van der Waals surface area (Å²) in [6, 6.07) is 9.63. The van der Waals surface area contributed by atoms with Crippen LogP contribution in [0, 0.1) is 11.8 Å². The van der Waals surface area contributed by atoms with E-state index in [2.05, 4.69) is 20.1 Å². The summed E-state index contributed by atoms with van der Waals surface area (Å²) in [5, 5.41) is 11.7. The fourth-order valence-electron chi connectivity index (χ4n) is 3.90. The van der Waals surface area contributed by atoms with Crippen LogP contribution in [-0.4, -0.2) is 57.0 Å². The predicted octanol–water partition coefficient (Wildman–Crippen LogP) is 1.93. The maximum absolute atomic E-state index is 12.8. The molecule has 2 aromatic heterocycles. The van der Waals surface area contributed by atoms with Crippen molar-refractivity contribution in [1.82, 2.24) is 24.9 Å². The Labute approximate surface area is 154 Å². The largest absolute Gasteiger partial charge is 0.347 e. The summed E-state index contributed by atoms with van der Waals surface area (Å²) in [4.78, 5) is 23.0. The van der Waals surface area contributed by atoms with Crippen molar-refractivity contribution >= 4 is 22.4 Å². The van der Waals surface area contributed by atoms with E-state index in [1.807, 2.05) is 46.8 Å². The quantitative estimate of drug-likeness (QED) is 0.709. The molecule has 2 aliphatic rings. The van der Waals surface area contributed by atoms with Crippen LogP contribution in [0.25, 0.3) is 5.69 Å². The number of amides is 1. The first-order valence-electron chi connectivity index (χ1n) is 8.69. The fraction of sp³-hybridized carbons (Fsp3) is 0.333. The van der Waals surface area contributed by atoms with E-state index in [1.54, 1.807) is 17.5 Å². The van der Waals surface area contributed by atoms with Gasteiger partial charge in [0, 0.05) is 49.6 Å². The summed E-state index contributed by atoms with van der Waals surface area (Å²) >= 11 is 1.68. The normalized spacial score (nSPS) is 22.0. The van der Waals surface area contributed by atoms with Gasteiger partial charge in [-0.2, -0.15) is 9.90 Å². The van der Waals surface area contributed by atoms with Gasteiger partial charge in [-0.05, 0) is 12.1 Å². The second-order valence-corrected chi connectivity index (χ2v) is 7.68. The number of carbonyl (C=O) groups excluding carboxylic acids is 1. The number of rotatable bonds is 3. The molecular weight excluding hydrogens is 348 g/mol. The number of likely N-dealkylation sites (tertiary alicyclic amines) is 1. The molecule has 4 heterocycles. The number of fused-ring (bicyclic) bond motifs is 1. The lowest BCUT2D eigenvalue weighted by atomic mass is 10.0. The zero-order valence-electron chi connectivity index (χ0n) is 14.1. The van der Waals surface area contributed by atoms with E-state index in [0.29, 0.717) is 17.5 Å². The molecule has 5 rings (SSSR count). The number of nitrogens with zero attached hydrogens (tertiary/aromatic N) is 6. The molecule has 0 radical (unpaired) electrons. The molecule has 2 aliphatic heterocycles. The molecule has 7 nitrogen and oxygen atoms in total. The summed E-state index contributed by atoms with van der Waals surface area (Å²) in [6.07, 6.45) is 3.41. The van der Waals surface area contributed by atoms with E-state index in [9.17, 15) is 4.79 Å². The highest BCUT2D eigenvalue weighted by atomic mass is 32.1. The van der Waals surface area contributed by atoms with Crippen LogP contribution in [0.2, 0.25) is 0 Å². The highest BCUT2D eigenvalue weighted by Gasteiger charge is 2.42. The third-order valence-corrected chi connectivity index (χ3v) is 5.99.